The first-order chi connectivity index (χ1) is 45.0. The fourth-order valence-corrected chi connectivity index (χ4v) is 19.3. The zero-order valence-corrected chi connectivity index (χ0v) is 55.9. The largest absolute Gasteiger partial charge is 0.432 e. The number of fused-ring (bicyclic) bond motifs is 7. The molecule has 11 rings (SSSR count). The van der Waals surface area contributed by atoms with Gasteiger partial charge in [0.1, 0.15) is 110 Å². The Bertz CT molecular complexity index is 2760. The molecule has 5 aliphatic carbocycles. The minimum absolute atomic E-state index is 0.0199. The van der Waals surface area contributed by atoms with E-state index >= 15 is 4.79 Å². The second-order valence-corrected chi connectivity index (χ2v) is 31.0. The average molecular weight is 1380 g/mol. The highest BCUT2D eigenvalue weighted by Crippen LogP contribution is 2.76. The van der Waals surface area contributed by atoms with Crippen LogP contribution in [-0.2, 0) is 61.6 Å². The van der Waals surface area contributed by atoms with Crippen molar-refractivity contribution < 1.29 is 148 Å². The average Bonchev–Trinajstić information content (AvgIpc) is 0.660. The van der Waals surface area contributed by atoms with Crippen LogP contribution in [0, 0.1) is 50.7 Å². The summed E-state index contributed by atoms with van der Waals surface area (Å²) in [6.45, 7) is 18.8. The molecule has 30 heteroatoms. The highest BCUT2D eigenvalue weighted by Gasteiger charge is 2.72. The number of ether oxygens (including phenoxy) is 12. The van der Waals surface area contributed by atoms with Crippen LogP contribution in [0.25, 0.3) is 0 Å². The Kier molecular flexibility index (Phi) is 21.7. The van der Waals surface area contributed by atoms with Crippen molar-refractivity contribution in [3.63, 3.8) is 0 Å². The second kappa shape index (κ2) is 27.8. The molecular formula is C66H106O30. The van der Waals surface area contributed by atoms with Crippen LogP contribution in [-0.4, -0.2) is 303 Å². The third kappa shape index (κ3) is 12.3. The van der Waals surface area contributed by atoms with Crippen LogP contribution in [0.15, 0.2) is 23.8 Å². The fraction of sp³-hybridized carbons (Fsp3) is 0.924. The summed E-state index contributed by atoms with van der Waals surface area (Å²) in [6.07, 6.45) is -39.4. The molecule has 0 bridgehead atoms. The number of hydrogen-bond acceptors (Lipinski definition) is 30. The van der Waals surface area contributed by atoms with Gasteiger partial charge < -0.3 is 144 Å². The molecule has 0 amide bonds. The number of rotatable bonds is 15. The van der Waals surface area contributed by atoms with E-state index in [-0.39, 0.29) is 36.5 Å². The Morgan fingerprint density at radius 2 is 1.03 bits per heavy atom. The van der Waals surface area contributed by atoms with Crippen molar-refractivity contribution in [3.05, 3.63) is 23.8 Å². The van der Waals surface area contributed by atoms with Gasteiger partial charge in [-0.1, -0.05) is 59.8 Å². The van der Waals surface area contributed by atoms with E-state index in [0.717, 1.165) is 5.57 Å². The molecule has 6 aliphatic heterocycles. The predicted octanol–water partition coefficient (Wildman–Crippen LogP) is -3.53. The minimum Gasteiger partial charge on any atom is -0.432 e. The minimum atomic E-state index is -1.89. The Hall–Kier alpha value is -2.17. The van der Waals surface area contributed by atoms with Gasteiger partial charge in [-0.3, -0.25) is 4.79 Å². The Balaban J connectivity index is 0.865. The third-order valence-corrected chi connectivity index (χ3v) is 25.5. The standard InChI is InChI=1S/C66H106O30/c1-25-13-18-66(60(83)96-59-51(45(79)41(75)33(23-69)90-59)94-54-46(80)42(76)38(72)27(3)86-54)20-19-63(8)29(53(66)65(25,10)84)11-12-35-62(7)16-15-36(61(5,6)34(62)14-17-64(35,63)9)91-57-52(95-55-47(81)43(77)39(73)28(4)87-55)50(30(70)24-85-57)93-58-49(26(2)37(71)31(21-67)89-58)92-56-48(82)44(78)40(74)32(22-68)88-56/h11,26-28,30-59,67-82,84H,1,12-24H2,2-10H3. The molecule has 6 saturated heterocycles. The molecule has 4 saturated carbocycles. The summed E-state index contributed by atoms with van der Waals surface area (Å²) < 4.78 is 74.6. The van der Waals surface area contributed by atoms with Crippen LogP contribution >= 0.6 is 0 Å². The zero-order valence-electron chi connectivity index (χ0n) is 55.9. The quantitative estimate of drug-likeness (QED) is 0.0429. The molecule has 0 aromatic rings. The van der Waals surface area contributed by atoms with E-state index in [0.29, 0.717) is 44.1 Å². The monoisotopic (exact) mass is 1380 g/mol. The van der Waals surface area contributed by atoms with Gasteiger partial charge in [0.05, 0.1) is 61.9 Å². The Morgan fingerprint density at radius 3 is 1.62 bits per heavy atom. The maximum atomic E-state index is 15.5. The molecule has 38 atom stereocenters. The van der Waals surface area contributed by atoms with Crippen LogP contribution in [0.4, 0.5) is 0 Å². The molecular weight excluding hydrogens is 1270 g/mol. The molecule has 550 valence electrons. The van der Waals surface area contributed by atoms with Gasteiger partial charge in [0.15, 0.2) is 37.6 Å². The summed E-state index contributed by atoms with van der Waals surface area (Å²) in [4.78, 5) is 15.5. The fourth-order valence-electron chi connectivity index (χ4n) is 19.3. The van der Waals surface area contributed by atoms with E-state index in [1.807, 2.05) is 0 Å². The first-order valence-corrected chi connectivity index (χ1v) is 34.1. The normalized spacial score (nSPS) is 55.2. The van der Waals surface area contributed by atoms with Crippen molar-refractivity contribution in [1.29, 1.82) is 0 Å². The van der Waals surface area contributed by atoms with E-state index in [1.165, 1.54) is 20.8 Å². The lowest BCUT2D eigenvalue weighted by Gasteiger charge is -2.71. The van der Waals surface area contributed by atoms with Gasteiger partial charge in [-0.25, -0.2) is 0 Å². The third-order valence-electron chi connectivity index (χ3n) is 25.5. The number of aliphatic hydroxyl groups excluding tert-OH is 16. The van der Waals surface area contributed by atoms with E-state index in [2.05, 4.69) is 47.3 Å². The van der Waals surface area contributed by atoms with E-state index in [9.17, 15) is 86.8 Å². The van der Waals surface area contributed by atoms with Crippen LogP contribution in [0.1, 0.15) is 120 Å². The molecule has 0 radical (unpaired) electrons. The molecule has 0 aromatic heterocycles. The summed E-state index contributed by atoms with van der Waals surface area (Å²) in [6, 6.07) is 0. The second-order valence-electron chi connectivity index (χ2n) is 31.0. The topological polar surface area (TPSA) is 472 Å². The molecule has 0 aromatic carbocycles. The maximum absolute atomic E-state index is 15.5. The van der Waals surface area contributed by atoms with Crippen molar-refractivity contribution >= 4 is 5.97 Å². The summed E-state index contributed by atoms with van der Waals surface area (Å²) in [5, 5.41) is 187. The van der Waals surface area contributed by atoms with Gasteiger partial charge in [-0.2, -0.15) is 0 Å². The molecule has 38 unspecified atom stereocenters. The molecule has 0 spiro atoms. The van der Waals surface area contributed by atoms with E-state index in [4.69, 9.17) is 56.8 Å². The van der Waals surface area contributed by atoms with Gasteiger partial charge in [-0.15, -0.1) is 0 Å². The molecule has 96 heavy (non-hydrogen) atoms. The van der Waals surface area contributed by atoms with Crippen LogP contribution in [0.5, 0.6) is 0 Å². The first-order valence-electron chi connectivity index (χ1n) is 34.1. The molecule has 30 nitrogen and oxygen atoms in total. The number of hydrogen-bond donors (Lipinski definition) is 17. The lowest BCUT2D eigenvalue weighted by Crippen LogP contribution is -2.68. The SMILES string of the molecule is C=C1CCC2(C(=O)OC3OC(CO)C(O)C(O)C3OC3OC(C)C(O)C(O)C3O)CCC3(C)C(=CCC4C5(C)CCC(OC6OCC(O)C(OC7OC(CO)C(O)C(C)C7OC7OC(CO)C(O)C(O)C7O)C6OC6OC(C)C(O)C(O)C6O)C(C)(C)C5CCC43C)C2C1(C)O. The number of carbonyl (C=O) groups excluding carboxylic acids is 1. The number of carbonyl (C=O) groups is 1. The van der Waals surface area contributed by atoms with Gasteiger partial charge in [0.25, 0.3) is 0 Å². The van der Waals surface area contributed by atoms with Crippen molar-refractivity contribution in [2.75, 3.05) is 26.4 Å². The molecule has 17 N–H and O–H groups in total. The van der Waals surface area contributed by atoms with E-state index in [1.54, 1.807) is 6.92 Å². The van der Waals surface area contributed by atoms with Crippen molar-refractivity contribution in [2.24, 2.45) is 50.7 Å². The maximum Gasteiger partial charge on any atom is 0.315 e. The summed E-state index contributed by atoms with van der Waals surface area (Å²) in [5.74, 6) is -2.71. The summed E-state index contributed by atoms with van der Waals surface area (Å²) in [7, 11) is 0. The van der Waals surface area contributed by atoms with Gasteiger partial charge >= 0.3 is 5.97 Å². The van der Waals surface area contributed by atoms with Crippen LogP contribution in [0.3, 0.4) is 0 Å². The van der Waals surface area contributed by atoms with Gasteiger partial charge in [-0.05, 0) is 118 Å². The number of allylic oxidation sites excluding steroid dienone is 1. The highest BCUT2D eigenvalue weighted by atomic mass is 16.8. The predicted molar refractivity (Wildman–Crippen MR) is 324 cm³/mol. The molecule has 10 fully saturated rings. The van der Waals surface area contributed by atoms with E-state index < -0.39 is 250 Å². The number of esters is 1. The van der Waals surface area contributed by atoms with Crippen molar-refractivity contribution in [3.8, 4) is 0 Å². The summed E-state index contributed by atoms with van der Waals surface area (Å²) >= 11 is 0. The van der Waals surface area contributed by atoms with Crippen molar-refractivity contribution in [1.82, 2.24) is 0 Å². The lowest BCUT2D eigenvalue weighted by molar-refractivity contribution is -0.398. The Morgan fingerprint density at radius 1 is 0.521 bits per heavy atom. The smallest absolute Gasteiger partial charge is 0.315 e. The van der Waals surface area contributed by atoms with Crippen LogP contribution < -0.4 is 0 Å². The van der Waals surface area contributed by atoms with Crippen LogP contribution in [0.2, 0.25) is 0 Å². The number of aliphatic hydroxyl groups is 17. The lowest BCUT2D eigenvalue weighted by atomic mass is 9.33. The highest BCUT2D eigenvalue weighted by molar-refractivity contribution is 5.80. The van der Waals surface area contributed by atoms with Gasteiger partial charge in [0.2, 0.25) is 6.29 Å². The van der Waals surface area contributed by atoms with Crippen molar-refractivity contribution in [2.45, 2.75) is 304 Å². The Labute approximate surface area is 557 Å². The summed E-state index contributed by atoms with van der Waals surface area (Å²) in [5.41, 5.74) is -3.83. The van der Waals surface area contributed by atoms with Gasteiger partial charge in [0, 0.05) is 11.8 Å². The molecule has 6 heterocycles. The first kappa shape index (κ1) is 75.0. The molecule has 11 aliphatic rings. The zero-order chi connectivity index (χ0) is 70.2.